The lowest BCUT2D eigenvalue weighted by molar-refractivity contribution is -0.119. The Morgan fingerprint density at radius 1 is 1.24 bits per heavy atom. The predicted molar refractivity (Wildman–Crippen MR) is 96.4 cm³/mol. The molecule has 2 aromatic rings. The molecule has 0 aliphatic carbocycles. The van der Waals surface area contributed by atoms with E-state index in [0.717, 1.165) is 22.6 Å². The first-order valence-corrected chi connectivity index (χ1v) is 9.07. The van der Waals surface area contributed by atoms with E-state index in [1.807, 2.05) is 37.3 Å². The fourth-order valence-electron chi connectivity index (χ4n) is 2.49. The first kappa shape index (κ1) is 17.2. The molecule has 25 heavy (non-hydrogen) atoms. The Balaban J connectivity index is 1.46. The molecule has 0 spiro atoms. The minimum Gasteiger partial charge on any atom is -0.454 e. The van der Waals surface area contributed by atoms with Gasteiger partial charge in [0.2, 0.25) is 12.7 Å². The van der Waals surface area contributed by atoms with Crippen LogP contribution in [0.3, 0.4) is 0 Å². The highest BCUT2D eigenvalue weighted by Gasteiger charge is 2.16. The molecule has 128 valence electrons. The van der Waals surface area contributed by atoms with Crippen LogP contribution in [0.5, 0.6) is 11.5 Å². The van der Waals surface area contributed by atoms with E-state index in [2.05, 4.69) is 11.4 Å². The molecule has 0 bridgehead atoms. The number of nitrogens with one attached hydrogen (secondary N) is 1. The molecule has 0 saturated heterocycles. The van der Waals surface area contributed by atoms with E-state index in [4.69, 9.17) is 14.7 Å². The Morgan fingerprint density at radius 3 is 2.76 bits per heavy atom. The van der Waals surface area contributed by atoms with Crippen LogP contribution in [0.1, 0.15) is 29.7 Å². The number of nitrogens with zero attached hydrogens (tertiary/aromatic N) is 1. The first-order valence-electron chi connectivity index (χ1n) is 7.91. The maximum Gasteiger partial charge on any atom is 0.231 e. The number of thioether (sulfide) groups is 1. The molecule has 5 nitrogen and oxygen atoms in total. The zero-order valence-corrected chi connectivity index (χ0v) is 14.6. The standard InChI is InChI=1S/C19H18N2O3S/c1-13(16-6-7-17-18(8-16)24-12-23-17)21-19(22)11-25-10-15-4-2-14(9-20)3-5-15/h2-8,13H,10-12H2,1H3,(H,21,22). The van der Waals surface area contributed by atoms with Crippen molar-refractivity contribution < 1.29 is 14.3 Å². The minimum absolute atomic E-state index is 0.0104. The van der Waals surface area contributed by atoms with E-state index in [-0.39, 0.29) is 18.7 Å². The highest BCUT2D eigenvalue weighted by Crippen LogP contribution is 2.34. The van der Waals surface area contributed by atoms with Crippen LogP contribution in [0.15, 0.2) is 42.5 Å². The van der Waals surface area contributed by atoms with Gasteiger partial charge in [-0.25, -0.2) is 0 Å². The quantitative estimate of drug-likeness (QED) is 0.861. The first-order chi connectivity index (χ1) is 12.2. The third kappa shape index (κ3) is 4.46. The maximum absolute atomic E-state index is 12.1. The molecule has 1 unspecified atom stereocenters. The molecular weight excluding hydrogens is 336 g/mol. The summed E-state index contributed by atoms with van der Waals surface area (Å²) in [7, 11) is 0. The fraction of sp³-hybridized carbons (Fsp3) is 0.263. The smallest absolute Gasteiger partial charge is 0.231 e. The van der Waals surface area contributed by atoms with E-state index in [0.29, 0.717) is 17.1 Å². The van der Waals surface area contributed by atoms with Crippen LogP contribution in [0.4, 0.5) is 0 Å². The van der Waals surface area contributed by atoms with Crippen molar-refractivity contribution in [1.82, 2.24) is 5.32 Å². The molecule has 6 heteroatoms. The zero-order valence-electron chi connectivity index (χ0n) is 13.8. The maximum atomic E-state index is 12.1. The lowest BCUT2D eigenvalue weighted by atomic mass is 10.1. The molecule has 0 aromatic heterocycles. The van der Waals surface area contributed by atoms with E-state index in [1.54, 1.807) is 23.9 Å². The third-order valence-electron chi connectivity index (χ3n) is 3.86. The molecule has 1 aliphatic heterocycles. The summed E-state index contributed by atoms with van der Waals surface area (Å²) in [5, 5.41) is 11.8. The number of nitriles is 1. The number of hydrogen-bond donors (Lipinski definition) is 1. The summed E-state index contributed by atoms with van der Waals surface area (Å²) in [5.41, 5.74) is 2.72. The molecule has 0 saturated carbocycles. The number of carbonyl (C=O) groups is 1. The summed E-state index contributed by atoms with van der Waals surface area (Å²) in [6.45, 7) is 2.19. The number of fused-ring (bicyclic) bond motifs is 1. The van der Waals surface area contributed by atoms with Gasteiger partial charge in [-0.15, -0.1) is 11.8 Å². The predicted octanol–water partition coefficient (Wildman–Crippen LogP) is 3.40. The van der Waals surface area contributed by atoms with Gasteiger partial charge in [-0.2, -0.15) is 5.26 Å². The molecule has 1 amide bonds. The SMILES string of the molecule is CC(NC(=O)CSCc1ccc(C#N)cc1)c1ccc2c(c1)OCO2. The largest absolute Gasteiger partial charge is 0.454 e. The van der Waals surface area contributed by atoms with Gasteiger partial charge in [-0.05, 0) is 42.3 Å². The fourth-order valence-corrected chi connectivity index (χ4v) is 3.28. The van der Waals surface area contributed by atoms with Crippen LogP contribution in [0.25, 0.3) is 0 Å². The lowest BCUT2D eigenvalue weighted by Gasteiger charge is -2.14. The number of benzene rings is 2. The summed E-state index contributed by atoms with van der Waals surface area (Å²) < 4.78 is 10.7. The van der Waals surface area contributed by atoms with Crippen LogP contribution in [-0.2, 0) is 10.5 Å². The van der Waals surface area contributed by atoms with Crippen molar-refractivity contribution >= 4 is 17.7 Å². The average Bonchev–Trinajstić information content (AvgIpc) is 3.10. The highest BCUT2D eigenvalue weighted by molar-refractivity contribution is 7.99. The van der Waals surface area contributed by atoms with Crippen LogP contribution in [0.2, 0.25) is 0 Å². The van der Waals surface area contributed by atoms with Crippen LogP contribution in [0, 0.1) is 11.3 Å². The van der Waals surface area contributed by atoms with Gasteiger partial charge in [0.05, 0.1) is 23.4 Å². The number of amides is 1. The summed E-state index contributed by atoms with van der Waals surface area (Å²) in [6, 6.07) is 15.1. The Hall–Kier alpha value is -2.65. The second-order valence-electron chi connectivity index (χ2n) is 5.70. The molecule has 0 radical (unpaired) electrons. The summed E-state index contributed by atoms with van der Waals surface area (Å²) in [4.78, 5) is 12.1. The molecule has 1 atom stereocenters. The van der Waals surface area contributed by atoms with Crippen LogP contribution >= 0.6 is 11.8 Å². The average molecular weight is 354 g/mol. The Morgan fingerprint density at radius 2 is 2.00 bits per heavy atom. The van der Waals surface area contributed by atoms with Crippen molar-refractivity contribution in [2.75, 3.05) is 12.5 Å². The van der Waals surface area contributed by atoms with Gasteiger partial charge in [0.1, 0.15) is 0 Å². The van der Waals surface area contributed by atoms with Crippen molar-refractivity contribution in [3.05, 3.63) is 59.2 Å². The summed E-state index contributed by atoms with van der Waals surface area (Å²) in [5.74, 6) is 2.56. The Labute approximate surface area is 150 Å². The summed E-state index contributed by atoms with van der Waals surface area (Å²) in [6.07, 6.45) is 0. The summed E-state index contributed by atoms with van der Waals surface area (Å²) >= 11 is 1.55. The second kappa shape index (κ2) is 7.95. The topological polar surface area (TPSA) is 71.4 Å². The van der Waals surface area contributed by atoms with E-state index >= 15 is 0 Å². The van der Waals surface area contributed by atoms with Gasteiger partial charge in [0.25, 0.3) is 0 Å². The normalized spacial score (nSPS) is 13.1. The molecular formula is C19H18N2O3S. The van der Waals surface area contributed by atoms with Crippen molar-refractivity contribution in [3.63, 3.8) is 0 Å². The molecule has 2 aromatic carbocycles. The van der Waals surface area contributed by atoms with Gasteiger partial charge in [0.15, 0.2) is 11.5 Å². The van der Waals surface area contributed by atoms with Crippen LogP contribution < -0.4 is 14.8 Å². The van der Waals surface area contributed by atoms with Gasteiger partial charge in [0, 0.05) is 5.75 Å². The Bertz CT molecular complexity index is 799. The molecule has 0 fully saturated rings. The number of carbonyl (C=O) groups excluding carboxylic acids is 1. The van der Waals surface area contributed by atoms with Crippen molar-refractivity contribution in [3.8, 4) is 17.6 Å². The van der Waals surface area contributed by atoms with Gasteiger partial charge >= 0.3 is 0 Å². The van der Waals surface area contributed by atoms with Gasteiger partial charge in [-0.3, -0.25) is 4.79 Å². The van der Waals surface area contributed by atoms with Crippen molar-refractivity contribution in [2.45, 2.75) is 18.7 Å². The van der Waals surface area contributed by atoms with Crippen molar-refractivity contribution in [2.24, 2.45) is 0 Å². The van der Waals surface area contributed by atoms with E-state index < -0.39 is 0 Å². The van der Waals surface area contributed by atoms with E-state index in [1.165, 1.54) is 0 Å². The Kier molecular flexibility index (Phi) is 5.46. The number of hydrogen-bond acceptors (Lipinski definition) is 5. The zero-order chi connectivity index (χ0) is 17.6. The monoisotopic (exact) mass is 354 g/mol. The number of ether oxygens (including phenoxy) is 2. The lowest BCUT2D eigenvalue weighted by Crippen LogP contribution is -2.28. The second-order valence-corrected chi connectivity index (χ2v) is 6.69. The van der Waals surface area contributed by atoms with Gasteiger partial charge < -0.3 is 14.8 Å². The highest BCUT2D eigenvalue weighted by atomic mass is 32.2. The third-order valence-corrected chi connectivity index (χ3v) is 4.86. The van der Waals surface area contributed by atoms with Gasteiger partial charge in [-0.1, -0.05) is 18.2 Å². The molecule has 1 N–H and O–H groups in total. The molecule has 3 rings (SSSR count). The number of rotatable bonds is 6. The van der Waals surface area contributed by atoms with Crippen molar-refractivity contribution in [1.29, 1.82) is 5.26 Å². The van der Waals surface area contributed by atoms with Crippen LogP contribution in [-0.4, -0.2) is 18.5 Å². The molecule has 1 heterocycles. The molecule has 1 aliphatic rings. The minimum atomic E-state index is -0.0995. The van der Waals surface area contributed by atoms with E-state index in [9.17, 15) is 4.79 Å².